The Labute approximate surface area is 132 Å². The summed E-state index contributed by atoms with van der Waals surface area (Å²) in [5.74, 6) is 0.744. The van der Waals surface area contributed by atoms with E-state index in [2.05, 4.69) is 26.1 Å². The molecule has 0 unspecified atom stereocenters. The number of pyridine rings is 1. The number of aryl methyl sites for hydroxylation is 1. The second-order valence-electron chi connectivity index (χ2n) is 4.79. The van der Waals surface area contributed by atoms with Crippen molar-refractivity contribution >= 4 is 27.6 Å². The molecule has 5 nitrogen and oxygen atoms in total. The molecule has 1 heterocycles. The fourth-order valence-electron chi connectivity index (χ4n) is 2.03. The largest absolute Gasteiger partial charge is 0.409 e. The fourth-order valence-corrected chi connectivity index (χ4v) is 2.29. The first kappa shape index (κ1) is 15.3. The Balaban J connectivity index is 2.31. The molecule has 0 saturated carbocycles. The minimum Gasteiger partial charge on any atom is -0.409 e. The SMILES string of the molecule is Cc1ccc(C(N)=NO)c(N(C)Cc2ccc(Br)cc2)n1. The lowest BCUT2D eigenvalue weighted by Gasteiger charge is -2.21. The predicted molar refractivity (Wildman–Crippen MR) is 87.7 cm³/mol. The summed E-state index contributed by atoms with van der Waals surface area (Å²) in [4.78, 5) is 6.48. The molecular formula is C15H17BrN4O. The van der Waals surface area contributed by atoms with Crippen LogP contribution in [0.2, 0.25) is 0 Å². The van der Waals surface area contributed by atoms with Gasteiger partial charge in [0.2, 0.25) is 0 Å². The second kappa shape index (κ2) is 6.58. The highest BCUT2D eigenvalue weighted by Crippen LogP contribution is 2.20. The minimum absolute atomic E-state index is 0.0557. The third kappa shape index (κ3) is 3.72. The van der Waals surface area contributed by atoms with Crippen molar-refractivity contribution in [3.05, 3.63) is 57.7 Å². The third-order valence-corrected chi connectivity index (χ3v) is 3.62. The molecule has 0 spiro atoms. The van der Waals surface area contributed by atoms with Crippen LogP contribution in [0.1, 0.15) is 16.8 Å². The maximum absolute atomic E-state index is 8.90. The summed E-state index contributed by atoms with van der Waals surface area (Å²) in [5.41, 5.74) is 8.36. The van der Waals surface area contributed by atoms with E-state index in [4.69, 9.17) is 10.9 Å². The van der Waals surface area contributed by atoms with Gasteiger partial charge in [0.15, 0.2) is 5.84 Å². The van der Waals surface area contributed by atoms with Crippen molar-refractivity contribution in [1.29, 1.82) is 0 Å². The number of nitrogens with zero attached hydrogens (tertiary/aromatic N) is 3. The van der Waals surface area contributed by atoms with Gasteiger partial charge >= 0.3 is 0 Å². The van der Waals surface area contributed by atoms with Crippen molar-refractivity contribution in [2.45, 2.75) is 13.5 Å². The molecule has 0 amide bonds. The lowest BCUT2D eigenvalue weighted by atomic mass is 10.1. The number of nitrogens with two attached hydrogens (primary N) is 1. The normalized spacial score (nSPS) is 11.5. The molecule has 1 aromatic carbocycles. The van der Waals surface area contributed by atoms with Crippen molar-refractivity contribution in [2.75, 3.05) is 11.9 Å². The van der Waals surface area contributed by atoms with E-state index < -0.39 is 0 Å². The average molecular weight is 349 g/mol. The van der Waals surface area contributed by atoms with Crippen LogP contribution >= 0.6 is 15.9 Å². The molecule has 0 bridgehead atoms. The Hall–Kier alpha value is -2.08. The molecule has 0 radical (unpaired) electrons. The number of hydrogen-bond donors (Lipinski definition) is 2. The van der Waals surface area contributed by atoms with Gasteiger partial charge in [-0.25, -0.2) is 4.98 Å². The average Bonchev–Trinajstić information content (AvgIpc) is 2.48. The Morgan fingerprint density at radius 1 is 1.29 bits per heavy atom. The van der Waals surface area contributed by atoms with Crippen molar-refractivity contribution in [1.82, 2.24) is 4.98 Å². The van der Waals surface area contributed by atoms with E-state index in [0.717, 1.165) is 15.7 Å². The minimum atomic E-state index is 0.0557. The maximum atomic E-state index is 8.90. The number of rotatable bonds is 4. The van der Waals surface area contributed by atoms with Gasteiger partial charge in [0.05, 0.1) is 5.56 Å². The highest BCUT2D eigenvalue weighted by molar-refractivity contribution is 9.10. The number of anilines is 1. The molecule has 3 N–H and O–H groups in total. The number of aromatic nitrogens is 1. The van der Waals surface area contributed by atoms with Gasteiger partial charge in [0.1, 0.15) is 5.82 Å². The molecule has 110 valence electrons. The summed E-state index contributed by atoms with van der Waals surface area (Å²) in [5, 5.41) is 12.0. The third-order valence-electron chi connectivity index (χ3n) is 3.09. The quantitative estimate of drug-likeness (QED) is 0.385. The zero-order chi connectivity index (χ0) is 15.4. The van der Waals surface area contributed by atoms with Crippen molar-refractivity contribution in [3.63, 3.8) is 0 Å². The first-order chi connectivity index (χ1) is 10.0. The molecule has 2 aromatic rings. The smallest absolute Gasteiger partial charge is 0.173 e. The molecule has 21 heavy (non-hydrogen) atoms. The van der Waals surface area contributed by atoms with Crippen molar-refractivity contribution in [2.24, 2.45) is 10.9 Å². The summed E-state index contributed by atoms with van der Waals surface area (Å²) in [6.07, 6.45) is 0. The van der Waals surface area contributed by atoms with E-state index in [9.17, 15) is 0 Å². The van der Waals surface area contributed by atoms with Gasteiger partial charge < -0.3 is 15.8 Å². The lowest BCUT2D eigenvalue weighted by molar-refractivity contribution is 0.318. The highest BCUT2D eigenvalue weighted by atomic mass is 79.9. The topological polar surface area (TPSA) is 74.7 Å². The maximum Gasteiger partial charge on any atom is 0.173 e. The molecule has 0 aliphatic rings. The first-order valence-corrected chi connectivity index (χ1v) is 7.21. The number of halogens is 1. The molecule has 0 aliphatic heterocycles. The molecule has 6 heteroatoms. The molecule has 0 fully saturated rings. The van der Waals surface area contributed by atoms with E-state index in [1.165, 1.54) is 0 Å². The van der Waals surface area contributed by atoms with Crippen LogP contribution in [0.25, 0.3) is 0 Å². The van der Waals surface area contributed by atoms with Crippen LogP contribution in [0.3, 0.4) is 0 Å². The number of amidine groups is 1. The van der Waals surface area contributed by atoms with E-state index in [0.29, 0.717) is 17.9 Å². The van der Waals surface area contributed by atoms with Crippen LogP contribution in [0.4, 0.5) is 5.82 Å². The molecule has 2 rings (SSSR count). The van der Waals surface area contributed by atoms with Crippen molar-refractivity contribution < 1.29 is 5.21 Å². The van der Waals surface area contributed by atoms with E-state index in [1.807, 2.05) is 55.3 Å². The van der Waals surface area contributed by atoms with Crippen LogP contribution in [0, 0.1) is 6.92 Å². The molecule has 1 aromatic heterocycles. The summed E-state index contributed by atoms with van der Waals surface area (Å²) < 4.78 is 1.04. The van der Waals surface area contributed by atoms with E-state index in [1.54, 1.807) is 0 Å². The molecular weight excluding hydrogens is 332 g/mol. The standard InChI is InChI=1S/C15H17BrN4O/c1-10-3-8-13(14(17)19-21)15(18-10)20(2)9-11-4-6-12(16)7-5-11/h3-8,21H,9H2,1-2H3,(H2,17,19). The predicted octanol–water partition coefficient (Wildman–Crippen LogP) is 2.88. The van der Waals surface area contributed by atoms with Gasteiger partial charge in [0.25, 0.3) is 0 Å². The second-order valence-corrected chi connectivity index (χ2v) is 5.71. The van der Waals surface area contributed by atoms with Crippen molar-refractivity contribution in [3.8, 4) is 0 Å². The number of hydrogen-bond acceptors (Lipinski definition) is 4. The van der Waals surface area contributed by atoms with Gasteiger partial charge in [0, 0.05) is 23.8 Å². The Bertz CT molecular complexity index is 655. The van der Waals surface area contributed by atoms with Gasteiger partial charge in [-0.3, -0.25) is 0 Å². The molecule has 0 atom stereocenters. The lowest BCUT2D eigenvalue weighted by Crippen LogP contribution is -2.24. The van der Waals surface area contributed by atoms with Crippen LogP contribution in [-0.4, -0.2) is 23.1 Å². The first-order valence-electron chi connectivity index (χ1n) is 6.42. The van der Waals surface area contributed by atoms with Crippen LogP contribution in [0.5, 0.6) is 0 Å². The Morgan fingerprint density at radius 2 is 1.95 bits per heavy atom. The zero-order valence-corrected chi connectivity index (χ0v) is 13.5. The van der Waals surface area contributed by atoms with Gasteiger partial charge in [-0.2, -0.15) is 0 Å². The van der Waals surface area contributed by atoms with E-state index >= 15 is 0 Å². The van der Waals surface area contributed by atoms with Gasteiger partial charge in [-0.1, -0.05) is 33.2 Å². The van der Waals surface area contributed by atoms with Crippen LogP contribution in [0.15, 0.2) is 46.0 Å². The highest BCUT2D eigenvalue weighted by Gasteiger charge is 2.13. The van der Waals surface area contributed by atoms with Crippen LogP contribution in [-0.2, 0) is 6.54 Å². The molecule has 0 aliphatic carbocycles. The fraction of sp³-hybridized carbons (Fsp3) is 0.200. The summed E-state index contributed by atoms with van der Waals surface area (Å²) in [6.45, 7) is 2.59. The number of oxime groups is 1. The summed E-state index contributed by atoms with van der Waals surface area (Å²) in [6, 6.07) is 11.7. The monoisotopic (exact) mass is 348 g/mol. The van der Waals surface area contributed by atoms with E-state index in [-0.39, 0.29) is 5.84 Å². The summed E-state index contributed by atoms with van der Waals surface area (Å²) in [7, 11) is 1.93. The number of benzene rings is 1. The summed E-state index contributed by atoms with van der Waals surface area (Å²) >= 11 is 3.42. The Kier molecular flexibility index (Phi) is 4.80. The Morgan fingerprint density at radius 3 is 2.57 bits per heavy atom. The van der Waals surface area contributed by atoms with Gasteiger partial charge in [-0.15, -0.1) is 0 Å². The zero-order valence-electron chi connectivity index (χ0n) is 11.9. The molecule has 0 saturated heterocycles. The van der Waals surface area contributed by atoms with Crippen LogP contribution < -0.4 is 10.6 Å². The van der Waals surface area contributed by atoms with Gasteiger partial charge in [-0.05, 0) is 36.8 Å².